The standard InChI is InChI=1S/C18H19N3O6S/c22-16(9-10-21-17(23)7-8-18(21)24)20-13-3-5-15(6-4-13)28(25,26)19-12-14-2-1-11-27-14/h1-6,11,19H,7-10,12H2,(H,20,22). The Morgan fingerprint density at radius 1 is 1.07 bits per heavy atom. The molecule has 0 radical (unpaired) electrons. The van der Waals surface area contributed by atoms with Gasteiger partial charge in [0.1, 0.15) is 5.76 Å². The van der Waals surface area contributed by atoms with Gasteiger partial charge in [-0.15, -0.1) is 0 Å². The maximum Gasteiger partial charge on any atom is 0.240 e. The van der Waals surface area contributed by atoms with Crippen LogP contribution < -0.4 is 10.0 Å². The van der Waals surface area contributed by atoms with Crippen LogP contribution in [0.3, 0.4) is 0 Å². The van der Waals surface area contributed by atoms with Gasteiger partial charge >= 0.3 is 0 Å². The fraction of sp³-hybridized carbons (Fsp3) is 0.278. The van der Waals surface area contributed by atoms with Gasteiger partial charge in [-0.1, -0.05) is 0 Å². The van der Waals surface area contributed by atoms with E-state index in [1.165, 1.54) is 30.5 Å². The zero-order valence-electron chi connectivity index (χ0n) is 14.9. The van der Waals surface area contributed by atoms with E-state index in [0.717, 1.165) is 4.90 Å². The van der Waals surface area contributed by atoms with Gasteiger partial charge in [0.05, 0.1) is 17.7 Å². The molecule has 0 spiro atoms. The zero-order chi connectivity index (χ0) is 20.1. The molecule has 2 N–H and O–H groups in total. The number of hydrogen-bond donors (Lipinski definition) is 2. The third kappa shape index (κ3) is 4.84. The Morgan fingerprint density at radius 2 is 1.75 bits per heavy atom. The molecular weight excluding hydrogens is 386 g/mol. The van der Waals surface area contributed by atoms with Crippen LogP contribution >= 0.6 is 0 Å². The average Bonchev–Trinajstić information content (AvgIpc) is 3.29. The first kappa shape index (κ1) is 19.8. The van der Waals surface area contributed by atoms with E-state index in [2.05, 4.69) is 10.0 Å². The van der Waals surface area contributed by atoms with Gasteiger partial charge in [-0.2, -0.15) is 0 Å². The molecule has 0 atom stereocenters. The Balaban J connectivity index is 1.52. The Hall–Kier alpha value is -2.98. The number of imide groups is 1. The summed E-state index contributed by atoms with van der Waals surface area (Å²) in [5.41, 5.74) is 0.411. The third-order valence-electron chi connectivity index (χ3n) is 4.18. The number of nitrogens with one attached hydrogen (secondary N) is 2. The summed E-state index contributed by atoms with van der Waals surface area (Å²) in [4.78, 5) is 36.2. The van der Waals surface area contributed by atoms with Crippen LogP contribution in [0.2, 0.25) is 0 Å². The predicted molar refractivity (Wildman–Crippen MR) is 98.4 cm³/mol. The van der Waals surface area contributed by atoms with E-state index in [1.807, 2.05) is 0 Å². The molecule has 1 aliphatic heterocycles. The smallest absolute Gasteiger partial charge is 0.240 e. The summed E-state index contributed by atoms with van der Waals surface area (Å²) in [5.74, 6) is -0.426. The first-order chi connectivity index (χ1) is 13.3. The summed E-state index contributed by atoms with van der Waals surface area (Å²) >= 11 is 0. The Bertz CT molecular complexity index is 951. The number of benzene rings is 1. The largest absolute Gasteiger partial charge is 0.468 e. The van der Waals surface area contributed by atoms with E-state index in [-0.39, 0.29) is 55.0 Å². The molecule has 1 fully saturated rings. The molecule has 148 valence electrons. The Kier molecular flexibility index (Phi) is 5.90. The fourth-order valence-electron chi connectivity index (χ4n) is 2.69. The molecule has 9 nitrogen and oxygen atoms in total. The van der Waals surface area contributed by atoms with Gasteiger partial charge in [-0.3, -0.25) is 19.3 Å². The summed E-state index contributed by atoms with van der Waals surface area (Å²) < 4.78 is 32.0. The second-order valence-electron chi connectivity index (χ2n) is 6.17. The summed E-state index contributed by atoms with van der Waals surface area (Å²) in [5, 5.41) is 2.61. The van der Waals surface area contributed by atoms with Crippen molar-refractivity contribution in [2.45, 2.75) is 30.7 Å². The van der Waals surface area contributed by atoms with Crippen molar-refractivity contribution in [3.05, 3.63) is 48.4 Å². The Morgan fingerprint density at radius 3 is 2.36 bits per heavy atom. The summed E-state index contributed by atoms with van der Waals surface area (Å²) in [6.07, 6.45) is 1.80. The number of likely N-dealkylation sites (tertiary alicyclic amines) is 1. The van der Waals surface area contributed by atoms with Crippen molar-refractivity contribution in [2.75, 3.05) is 11.9 Å². The maximum absolute atomic E-state index is 12.3. The molecule has 0 saturated carbocycles. The van der Waals surface area contributed by atoms with Crippen molar-refractivity contribution >= 4 is 33.4 Å². The van der Waals surface area contributed by atoms with Gasteiger partial charge in [-0.05, 0) is 36.4 Å². The van der Waals surface area contributed by atoms with Crippen molar-refractivity contribution in [1.29, 1.82) is 0 Å². The highest BCUT2D eigenvalue weighted by atomic mass is 32.2. The third-order valence-corrected chi connectivity index (χ3v) is 5.60. The predicted octanol–water partition coefficient (Wildman–Crippen LogP) is 1.24. The van der Waals surface area contributed by atoms with E-state index < -0.39 is 10.0 Å². The van der Waals surface area contributed by atoms with Gasteiger partial charge in [0.2, 0.25) is 27.7 Å². The SMILES string of the molecule is O=C(CCN1C(=O)CCC1=O)Nc1ccc(S(=O)(=O)NCc2ccco2)cc1. The van der Waals surface area contributed by atoms with Crippen LogP contribution in [-0.2, 0) is 31.0 Å². The van der Waals surface area contributed by atoms with Gasteiger partial charge in [0, 0.05) is 31.5 Å². The number of nitrogens with zero attached hydrogens (tertiary/aromatic N) is 1. The van der Waals surface area contributed by atoms with Crippen molar-refractivity contribution in [3.63, 3.8) is 0 Å². The molecule has 2 heterocycles. The number of carbonyl (C=O) groups is 3. The minimum atomic E-state index is -3.72. The minimum Gasteiger partial charge on any atom is -0.468 e. The van der Waals surface area contributed by atoms with E-state index in [1.54, 1.807) is 12.1 Å². The molecular formula is C18H19N3O6S. The Labute approximate surface area is 161 Å². The molecule has 3 rings (SSSR count). The van der Waals surface area contributed by atoms with Crippen LogP contribution in [0.15, 0.2) is 52.0 Å². The first-order valence-corrected chi connectivity index (χ1v) is 10.1. The van der Waals surface area contributed by atoms with Crippen molar-refractivity contribution < 1.29 is 27.2 Å². The number of sulfonamides is 1. The molecule has 1 aliphatic rings. The normalized spacial score (nSPS) is 14.5. The number of carbonyl (C=O) groups excluding carboxylic acids is 3. The van der Waals surface area contributed by atoms with Crippen LogP contribution in [0.5, 0.6) is 0 Å². The van der Waals surface area contributed by atoms with Gasteiger partial charge in [0.25, 0.3) is 0 Å². The highest BCUT2D eigenvalue weighted by Gasteiger charge is 2.28. The summed E-state index contributed by atoms with van der Waals surface area (Å²) in [6, 6.07) is 8.99. The lowest BCUT2D eigenvalue weighted by Gasteiger charge is -2.13. The highest BCUT2D eigenvalue weighted by Crippen LogP contribution is 2.16. The second-order valence-corrected chi connectivity index (χ2v) is 7.93. The summed E-state index contributed by atoms with van der Waals surface area (Å²) in [6.45, 7) is 0.0639. The molecule has 1 aromatic carbocycles. The zero-order valence-corrected chi connectivity index (χ0v) is 15.7. The first-order valence-electron chi connectivity index (χ1n) is 8.60. The number of furan rings is 1. The molecule has 0 aliphatic carbocycles. The number of hydrogen-bond acceptors (Lipinski definition) is 6. The lowest BCUT2D eigenvalue weighted by molar-refractivity contribution is -0.138. The lowest BCUT2D eigenvalue weighted by Crippen LogP contribution is -2.32. The number of amides is 3. The van der Waals surface area contributed by atoms with Crippen LogP contribution in [0.25, 0.3) is 0 Å². The van der Waals surface area contributed by atoms with Crippen LogP contribution in [0.1, 0.15) is 25.0 Å². The van der Waals surface area contributed by atoms with E-state index in [4.69, 9.17) is 4.42 Å². The molecule has 3 amide bonds. The van der Waals surface area contributed by atoms with Crippen molar-refractivity contribution in [3.8, 4) is 0 Å². The molecule has 1 saturated heterocycles. The lowest BCUT2D eigenvalue weighted by atomic mass is 10.3. The monoisotopic (exact) mass is 405 g/mol. The molecule has 1 aromatic heterocycles. The molecule has 28 heavy (non-hydrogen) atoms. The van der Waals surface area contributed by atoms with Gasteiger partial charge < -0.3 is 9.73 Å². The molecule has 0 unspecified atom stereocenters. The average molecular weight is 405 g/mol. The maximum atomic E-state index is 12.3. The van der Waals surface area contributed by atoms with E-state index in [0.29, 0.717) is 11.4 Å². The van der Waals surface area contributed by atoms with Gasteiger partial charge in [-0.25, -0.2) is 13.1 Å². The molecule has 10 heteroatoms. The minimum absolute atomic E-state index is 0.0256. The van der Waals surface area contributed by atoms with Gasteiger partial charge in [0.15, 0.2) is 0 Å². The van der Waals surface area contributed by atoms with Crippen LogP contribution in [-0.4, -0.2) is 37.6 Å². The highest BCUT2D eigenvalue weighted by molar-refractivity contribution is 7.89. The van der Waals surface area contributed by atoms with Crippen molar-refractivity contribution in [2.24, 2.45) is 0 Å². The summed E-state index contributed by atoms with van der Waals surface area (Å²) in [7, 11) is -3.72. The van der Waals surface area contributed by atoms with Crippen molar-refractivity contribution in [1.82, 2.24) is 9.62 Å². The quantitative estimate of drug-likeness (QED) is 0.637. The fourth-order valence-corrected chi connectivity index (χ4v) is 3.68. The number of rotatable bonds is 8. The molecule has 0 bridgehead atoms. The van der Waals surface area contributed by atoms with Crippen LogP contribution in [0.4, 0.5) is 5.69 Å². The second kappa shape index (κ2) is 8.36. The van der Waals surface area contributed by atoms with E-state index >= 15 is 0 Å². The number of anilines is 1. The van der Waals surface area contributed by atoms with Crippen LogP contribution in [0, 0.1) is 0 Å². The van der Waals surface area contributed by atoms with E-state index in [9.17, 15) is 22.8 Å². The molecule has 2 aromatic rings. The topological polar surface area (TPSA) is 126 Å².